The van der Waals surface area contributed by atoms with E-state index in [9.17, 15) is 4.79 Å². The fourth-order valence-corrected chi connectivity index (χ4v) is 0.347. The predicted octanol–water partition coefficient (Wildman–Crippen LogP) is 0.366. The minimum atomic E-state index is -2.14. The molecule has 1 heterocycles. The average Bonchev–Trinajstić information content (AvgIpc) is 1.49. The van der Waals surface area contributed by atoms with Gasteiger partial charge in [-0.2, -0.15) is 0 Å². The average molecular weight is 104 g/mol. The first-order valence-corrected chi connectivity index (χ1v) is 2.03. The van der Waals surface area contributed by atoms with Gasteiger partial charge in [-0.05, 0) is 0 Å². The molecule has 1 aliphatic rings. The molecule has 0 N–H and O–H groups in total. The molecule has 0 atom stereocenters. The molecule has 2 heteroatoms. The molecular weight excluding hydrogens is 92.1 g/mol. The summed E-state index contributed by atoms with van der Waals surface area (Å²) in [6.45, 7) is -4.28. The molecule has 0 aliphatic carbocycles. The van der Waals surface area contributed by atoms with E-state index in [1.54, 1.807) is 0 Å². The van der Waals surface area contributed by atoms with Crippen LogP contribution in [0.3, 0.4) is 0 Å². The number of rotatable bonds is 0. The Labute approximate surface area is 48.1 Å². The molecule has 40 valence electrons. The van der Waals surface area contributed by atoms with E-state index in [2.05, 4.69) is 4.74 Å². The Bertz CT molecular complexity index is 171. The van der Waals surface area contributed by atoms with Crippen LogP contribution in [0.15, 0.2) is 0 Å². The number of carbonyl (C=O) groups is 1. The fraction of sp³-hybridized carbons (Fsp3) is 0.800. The van der Waals surface area contributed by atoms with Crippen molar-refractivity contribution >= 4 is 5.78 Å². The van der Waals surface area contributed by atoms with Crippen molar-refractivity contribution in [2.75, 3.05) is 13.1 Å². The van der Waals surface area contributed by atoms with Crippen LogP contribution in [-0.4, -0.2) is 18.9 Å². The minimum Gasteiger partial charge on any atom is -0.381 e. The van der Waals surface area contributed by atoms with Crippen molar-refractivity contribution in [3.63, 3.8) is 0 Å². The van der Waals surface area contributed by atoms with E-state index in [0.29, 0.717) is 0 Å². The van der Waals surface area contributed by atoms with Gasteiger partial charge in [0.1, 0.15) is 5.78 Å². The van der Waals surface area contributed by atoms with Gasteiger partial charge in [0.2, 0.25) is 0 Å². The van der Waals surface area contributed by atoms with Gasteiger partial charge in [-0.1, -0.05) is 0 Å². The van der Waals surface area contributed by atoms with Gasteiger partial charge in [0.05, 0.1) is 18.6 Å². The molecule has 0 aromatic rings. The minimum absolute atomic E-state index is 0.355. The van der Waals surface area contributed by atoms with E-state index in [0.717, 1.165) is 0 Å². The van der Waals surface area contributed by atoms with Crippen molar-refractivity contribution in [1.29, 1.82) is 0 Å². The smallest absolute Gasteiger partial charge is 0.137 e. The first-order chi connectivity index (χ1) is 4.81. The van der Waals surface area contributed by atoms with Crippen LogP contribution in [0, 0.1) is 0 Å². The summed E-state index contributed by atoms with van der Waals surface area (Å²) in [5, 5.41) is 0. The van der Waals surface area contributed by atoms with Crippen LogP contribution in [0.1, 0.15) is 18.3 Å². The molecule has 1 rings (SSSR count). The summed E-state index contributed by atoms with van der Waals surface area (Å²) < 4.78 is 32.4. The van der Waals surface area contributed by atoms with Gasteiger partial charge < -0.3 is 4.74 Å². The highest BCUT2D eigenvalue weighted by Crippen LogP contribution is 1.98. The lowest BCUT2D eigenvalue weighted by molar-refractivity contribution is -0.124. The van der Waals surface area contributed by atoms with Crippen molar-refractivity contribution in [2.24, 2.45) is 0 Å². The highest BCUT2D eigenvalue weighted by atomic mass is 16.5. The van der Waals surface area contributed by atoms with Gasteiger partial charge in [0.15, 0.2) is 0 Å². The lowest BCUT2D eigenvalue weighted by Crippen LogP contribution is -2.14. The molecule has 0 radical (unpaired) electrons. The Balaban J connectivity index is 2.74. The van der Waals surface area contributed by atoms with E-state index < -0.39 is 18.9 Å². The number of hydrogen-bond donors (Lipinski definition) is 0. The normalized spacial score (nSPS) is 45.4. The summed E-state index contributed by atoms with van der Waals surface area (Å²) in [6, 6.07) is 0. The molecular formula is C5H8O2. The third kappa shape index (κ3) is 1.27. The van der Waals surface area contributed by atoms with Gasteiger partial charge in [-0.15, -0.1) is 0 Å². The summed E-state index contributed by atoms with van der Waals surface area (Å²) in [6.07, 6.45) is -0.709. The monoisotopic (exact) mass is 104 g/mol. The summed E-state index contributed by atoms with van der Waals surface area (Å²) in [4.78, 5) is 10.7. The lowest BCUT2D eigenvalue weighted by Gasteiger charge is -2.07. The topological polar surface area (TPSA) is 26.3 Å². The second-order valence-electron chi connectivity index (χ2n) is 1.28. The maximum Gasteiger partial charge on any atom is 0.137 e. The van der Waals surface area contributed by atoms with E-state index >= 15 is 0 Å². The van der Waals surface area contributed by atoms with Crippen LogP contribution in [0.2, 0.25) is 0 Å². The van der Waals surface area contributed by atoms with Crippen LogP contribution >= 0.6 is 0 Å². The Morgan fingerprint density at radius 2 is 2.14 bits per heavy atom. The standard InChI is InChI=1S/C5H8O2/c6-5-1-3-7-4-2-5/h1-4H2/i3D2,4D2. The molecule has 0 spiro atoms. The number of ether oxygens (including phenoxy) is 1. The van der Waals surface area contributed by atoms with Crippen LogP contribution < -0.4 is 0 Å². The summed E-state index contributed by atoms with van der Waals surface area (Å²) in [5.74, 6) is -0.439. The molecule has 0 aromatic heterocycles. The number of carbonyl (C=O) groups excluding carboxylic acids is 1. The van der Waals surface area contributed by atoms with Crippen molar-refractivity contribution in [1.82, 2.24) is 0 Å². The Morgan fingerprint density at radius 3 is 2.57 bits per heavy atom. The predicted molar refractivity (Wildman–Crippen MR) is 25.1 cm³/mol. The third-order valence-electron chi connectivity index (χ3n) is 0.683. The summed E-state index contributed by atoms with van der Waals surface area (Å²) in [5.41, 5.74) is 0. The Morgan fingerprint density at radius 1 is 1.57 bits per heavy atom. The second-order valence-corrected chi connectivity index (χ2v) is 1.28. The first-order valence-electron chi connectivity index (χ1n) is 4.03. The highest BCUT2D eigenvalue weighted by molar-refractivity contribution is 5.78. The second kappa shape index (κ2) is 2.07. The number of Topliss-reactive ketones (excluding diaryl/α,β-unsaturated/α-hetero) is 1. The maximum absolute atomic E-state index is 10.7. The molecule has 0 aromatic carbocycles. The molecule has 1 fully saturated rings. The van der Waals surface area contributed by atoms with Gasteiger partial charge in [-0.25, -0.2) is 0 Å². The molecule has 1 aliphatic heterocycles. The quantitative estimate of drug-likeness (QED) is 0.443. The van der Waals surface area contributed by atoms with Gasteiger partial charge in [-0.3, -0.25) is 4.79 Å². The van der Waals surface area contributed by atoms with E-state index in [4.69, 9.17) is 5.48 Å². The van der Waals surface area contributed by atoms with Gasteiger partial charge >= 0.3 is 0 Å². The largest absolute Gasteiger partial charge is 0.381 e. The van der Waals surface area contributed by atoms with Crippen molar-refractivity contribution < 1.29 is 15.0 Å². The first kappa shape index (κ1) is 1.86. The molecule has 2 nitrogen and oxygen atoms in total. The number of ketones is 1. The molecule has 7 heavy (non-hydrogen) atoms. The van der Waals surface area contributed by atoms with Crippen LogP contribution in [-0.2, 0) is 9.53 Å². The van der Waals surface area contributed by atoms with Gasteiger partial charge in [0.25, 0.3) is 0 Å². The zero-order chi connectivity index (χ0) is 8.70. The SMILES string of the molecule is [2H]C1([2H])CC(=O)CC([2H])([2H])O1. The van der Waals surface area contributed by atoms with E-state index in [1.165, 1.54) is 0 Å². The molecule has 1 saturated heterocycles. The van der Waals surface area contributed by atoms with Crippen molar-refractivity contribution in [3.05, 3.63) is 0 Å². The lowest BCUT2D eigenvalue weighted by atomic mass is 10.2. The van der Waals surface area contributed by atoms with Crippen molar-refractivity contribution in [3.8, 4) is 0 Å². The Hall–Kier alpha value is -0.370. The van der Waals surface area contributed by atoms with Crippen LogP contribution in [0.5, 0.6) is 0 Å². The Kier molecular flexibility index (Phi) is 0.551. The maximum atomic E-state index is 10.7. The fourth-order valence-electron chi connectivity index (χ4n) is 0.347. The van der Waals surface area contributed by atoms with Crippen molar-refractivity contribution in [2.45, 2.75) is 12.8 Å². The summed E-state index contributed by atoms with van der Waals surface area (Å²) >= 11 is 0. The zero-order valence-corrected chi connectivity index (χ0v) is 3.73. The van der Waals surface area contributed by atoms with Crippen LogP contribution in [0.25, 0.3) is 0 Å². The molecule has 0 amide bonds. The third-order valence-corrected chi connectivity index (χ3v) is 0.683. The van der Waals surface area contributed by atoms with E-state index in [-0.39, 0.29) is 12.8 Å². The van der Waals surface area contributed by atoms with Gasteiger partial charge in [0, 0.05) is 12.8 Å². The van der Waals surface area contributed by atoms with Crippen LogP contribution in [0.4, 0.5) is 0 Å². The summed E-state index contributed by atoms with van der Waals surface area (Å²) in [7, 11) is 0. The highest BCUT2D eigenvalue weighted by Gasteiger charge is 2.06. The number of hydrogen-bond acceptors (Lipinski definition) is 2. The molecule has 0 unspecified atom stereocenters. The molecule has 0 saturated carbocycles. The zero-order valence-electron chi connectivity index (χ0n) is 7.73. The van der Waals surface area contributed by atoms with E-state index in [1.807, 2.05) is 0 Å². The molecule has 0 bridgehead atoms.